The highest BCUT2D eigenvalue weighted by atomic mass is 19.4. The van der Waals surface area contributed by atoms with Crippen molar-refractivity contribution in [2.24, 2.45) is 0 Å². The fraction of sp³-hybridized carbons (Fsp3) is 0.250. The minimum Gasteiger partial charge on any atom is -0.478 e. The Morgan fingerprint density at radius 2 is 1.38 bits per heavy atom. The minimum atomic E-state index is -4.48. The molecule has 0 aliphatic carbocycles. The fourth-order valence-electron chi connectivity index (χ4n) is 2.60. The van der Waals surface area contributed by atoms with Gasteiger partial charge in [0, 0.05) is 18.7 Å². The molecule has 0 heterocycles. The highest BCUT2D eigenvalue weighted by Gasteiger charge is 2.31. The Morgan fingerprint density at radius 3 is 1.83 bits per heavy atom. The van der Waals surface area contributed by atoms with Gasteiger partial charge in [-0.05, 0) is 41.8 Å². The minimum absolute atomic E-state index is 0.144. The summed E-state index contributed by atoms with van der Waals surface area (Å²) in [5, 5.41) is 11.7. The number of hydrogen-bond donors (Lipinski definition) is 2. The first-order chi connectivity index (χ1) is 13.5. The molecule has 0 aromatic heterocycles. The summed E-state index contributed by atoms with van der Waals surface area (Å²) in [5.74, 6) is -1.17. The van der Waals surface area contributed by atoms with Crippen LogP contribution < -0.4 is 5.32 Å². The molecule has 0 spiro atoms. The molecule has 0 aliphatic rings. The van der Waals surface area contributed by atoms with E-state index in [0.29, 0.717) is 11.1 Å². The van der Waals surface area contributed by atoms with E-state index < -0.39 is 35.5 Å². The third-order valence-corrected chi connectivity index (χ3v) is 4.11. The first kappa shape index (κ1) is 22.5. The molecular weight excluding hydrogens is 400 g/mol. The van der Waals surface area contributed by atoms with E-state index in [4.69, 9.17) is 5.11 Å². The van der Waals surface area contributed by atoms with E-state index >= 15 is 0 Å². The fourth-order valence-corrected chi connectivity index (χ4v) is 2.60. The zero-order valence-electron chi connectivity index (χ0n) is 14.9. The average Bonchev–Trinajstić information content (AvgIpc) is 2.63. The molecule has 156 valence electrons. The van der Waals surface area contributed by atoms with Gasteiger partial charge in [-0.1, -0.05) is 30.3 Å². The van der Waals surface area contributed by atoms with Crippen LogP contribution in [0.1, 0.15) is 34.7 Å². The standard InChI is InChI=1S/C20H17F6NO2/c21-19(22,23)15-8-4-13(5-9-15)12-27-17(2-1-3-18(28)29)14-6-10-16(11-7-14)20(24,25)26/h1,3-11,17,27H,2,12H2,(H,28,29). The van der Waals surface area contributed by atoms with E-state index in [0.717, 1.165) is 30.3 Å². The van der Waals surface area contributed by atoms with Gasteiger partial charge in [0.1, 0.15) is 0 Å². The number of carboxylic acid groups (broad SMARTS) is 1. The van der Waals surface area contributed by atoms with Crippen molar-refractivity contribution in [3.8, 4) is 0 Å². The summed E-state index contributed by atoms with van der Waals surface area (Å²) in [6, 6.07) is 8.34. The number of nitrogens with one attached hydrogen (secondary N) is 1. The van der Waals surface area contributed by atoms with Gasteiger partial charge in [0.25, 0.3) is 0 Å². The van der Waals surface area contributed by atoms with E-state index in [-0.39, 0.29) is 13.0 Å². The lowest BCUT2D eigenvalue weighted by Gasteiger charge is -2.19. The van der Waals surface area contributed by atoms with Gasteiger partial charge in [-0.2, -0.15) is 26.3 Å². The summed E-state index contributed by atoms with van der Waals surface area (Å²) in [7, 11) is 0. The van der Waals surface area contributed by atoms with E-state index in [1.807, 2.05) is 0 Å². The molecule has 0 aliphatic heterocycles. The molecule has 9 heteroatoms. The largest absolute Gasteiger partial charge is 0.478 e. The number of hydrogen-bond acceptors (Lipinski definition) is 2. The molecule has 29 heavy (non-hydrogen) atoms. The quantitative estimate of drug-likeness (QED) is 0.456. The average molecular weight is 417 g/mol. The van der Waals surface area contributed by atoms with Crippen LogP contribution in [0.3, 0.4) is 0 Å². The second-order valence-corrected chi connectivity index (χ2v) is 6.22. The summed E-state index contributed by atoms with van der Waals surface area (Å²) in [6.07, 6.45) is -6.50. The van der Waals surface area contributed by atoms with Gasteiger partial charge in [-0.25, -0.2) is 4.79 Å². The molecule has 0 saturated heterocycles. The third kappa shape index (κ3) is 6.94. The summed E-state index contributed by atoms with van der Waals surface area (Å²) in [5.41, 5.74) is -0.578. The van der Waals surface area contributed by atoms with Gasteiger partial charge < -0.3 is 10.4 Å². The number of benzene rings is 2. The molecule has 2 aromatic rings. The van der Waals surface area contributed by atoms with E-state index in [1.165, 1.54) is 30.3 Å². The monoisotopic (exact) mass is 417 g/mol. The molecule has 0 radical (unpaired) electrons. The van der Waals surface area contributed by atoms with Crippen LogP contribution in [0.2, 0.25) is 0 Å². The molecule has 0 bridgehead atoms. The van der Waals surface area contributed by atoms with Crippen LogP contribution in [0.4, 0.5) is 26.3 Å². The van der Waals surface area contributed by atoms with Crippen molar-refractivity contribution in [3.63, 3.8) is 0 Å². The van der Waals surface area contributed by atoms with E-state index in [9.17, 15) is 31.1 Å². The summed E-state index contributed by atoms with van der Waals surface area (Å²) in [4.78, 5) is 10.6. The second-order valence-electron chi connectivity index (χ2n) is 6.22. The Labute approximate surface area is 162 Å². The molecule has 2 aromatic carbocycles. The summed E-state index contributed by atoms with van der Waals surface area (Å²) >= 11 is 0. The molecule has 3 nitrogen and oxygen atoms in total. The van der Waals surface area contributed by atoms with Gasteiger partial charge >= 0.3 is 18.3 Å². The first-order valence-electron chi connectivity index (χ1n) is 8.43. The van der Waals surface area contributed by atoms with Crippen LogP contribution in [0.15, 0.2) is 60.7 Å². The predicted octanol–water partition coefficient (Wildman–Crippen LogP) is 5.59. The maximum absolute atomic E-state index is 12.7. The van der Waals surface area contributed by atoms with Crippen LogP contribution in [0.25, 0.3) is 0 Å². The Kier molecular flexibility index (Phi) is 7.07. The Hall–Kier alpha value is -2.81. The van der Waals surface area contributed by atoms with Crippen LogP contribution in [-0.2, 0) is 23.7 Å². The number of rotatable bonds is 7. The molecule has 0 amide bonds. The number of carboxylic acids is 1. The smallest absolute Gasteiger partial charge is 0.416 e. The Balaban J connectivity index is 2.14. The van der Waals surface area contributed by atoms with Crippen molar-refractivity contribution in [2.45, 2.75) is 31.4 Å². The number of aliphatic carboxylic acids is 1. The highest BCUT2D eigenvalue weighted by molar-refractivity contribution is 5.79. The molecule has 0 saturated carbocycles. The highest BCUT2D eigenvalue weighted by Crippen LogP contribution is 2.31. The topological polar surface area (TPSA) is 49.3 Å². The summed E-state index contributed by atoms with van der Waals surface area (Å²) < 4.78 is 76.1. The van der Waals surface area contributed by atoms with Gasteiger partial charge in [-0.3, -0.25) is 0 Å². The lowest BCUT2D eigenvalue weighted by Crippen LogP contribution is -2.21. The lowest BCUT2D eigenvalue weighted by molar-refractivity contribution is -0.138. The van der Waals surface area contributed by atoms with Crippen molar-refractivity contribution >= 4 is 5.97 Å². The summed E-state index contributed by atoms with van der Waals surface area (Å²) in [6.45, 7) is 0.144. The first-order valence-corrected chi connectivity index (χ1v) is 8.43. The third-order valence-electron chi connectivity index (χ3n) is 4.11. The zero-order chi connectivity index (χ0) is 21.7. The van der Waals surface area contributed by atoms with Crippen molar-refractivity contribution in [2.75, 3.05) is 0 Å². The second kappa shape index (κ2) is 9.13. The Bertz CT molecular complexity index is 839. The van der Waals surface area contributed by atoms with Crippen LogP contribution in [0.5, 0.6) is 0 Å². The molecule has 0 fully saturated rings. The maximum Gasteiger partial charge on any atom is 0.416 e. The van der Waals surface area contributed by atoms with Crippen molar-refractivity contribution in [1.29, 1.82) is 0 Å². The van der Waals surface area contributed by atoms with Gasteiger partial charge in [0.2, 0.25) is 0 Å². The Morgan fingerprint density at radius 1 is 0.897 bits per heavy atom. The number of halogens is 6. The van der Waals surface area contributed by atoms with Crippen LogP contribution >= 0.6 is 0 Å². The molecule has 1 unspecified atom stereocenters. The van der Waals surface area contributed by atoms with Crippen molar-refractivity contribution < 1.29 is 36.2 Å². The van der Waals surface area contributed by atoms with Crippen molar-refractivity contribution in [3.05, 3.63) is 82.9 Å². The van der Waals surface area contributed by atoms with E-state index in [1.54, 1.807) is 0 Å². The van der Waals surface area contributed by atoms with Gasteiger partial charge in [0.05, 0.1) is 11.1 Å². The molecule has 2 rings (SSSR count). The zero-order valence-corrected chi connectivity index (χ0v) is 14.9. The molecule has 1 atom stereocenters. The van der Waals surface area contributed by atoms with Crippen LogP contribution in [0, 0.1) is 0 Å². The van der Waals surface area contributed by atoms with Crippen molar-refractivity contribution in [1.82, 2.24) is 5.32 Å². The van der Waals surface area contributed by atoms with Gasteiger partial charge in [0.15, 0.2) is 0 Å². The lowest BCUT2D eigenvalue weighted by atomic mass is 10.0. The van der Waals surface area contributed by atoms with Crippen LogP contribution in [-0.4, -0.2) is 11.1 Å². The maximum atomic E-state index is 12.7. The molecule has 2 N–H and O–H groups in total. The number of carbonyl (C=O) groups is 1. The number of alkyl halides is 6. The molecular formula is C20H17F6NO2. The SMILES string of the molecule is O=C(O)C=CCC(NCc1ccc(C(F)(F)F)cc1)c1ccc(C(F)(F)F)cc1. The van der Waals surface area contributed by atoms with E-state index in [2.05, 4.69) is 5.32 Å². The normalized spacial score (nSPS) is 13.6. The van der Waals surface area contributed by atoms with Gasteiger partial charge in [-0.15, -0.1) is 0 Å². The predicted molar refractivity (Wildman–Crippen MR) is 93.9 cm³/mol.